The zero-order valence-electron chi connectivity index (χ0n) is 12.2. The number of morpholine rings is 1. The van der Waals surface area contributed by atoms with Gasteiger partial charge in [0.2, 0.25) is 0 Å². The van der Waals surface area contributed by atoms with Crippen LogP contribution in [0.1, 0.15) is 31.9 Å². The quantitative estimate of drug-likeness (QED) is 0.856. The minimum Gasteiger partial charge on any atom is -0.370 e. The van der Waals surface area contributed by atoms with Gasteiger partial charge in [-0.1, -0.05) is 0 Å². The van der Waals surface area contributed by atoms with E-state index in [0.717, 1.165) is 21.0 Å². The monoisotopic (exact) mass is 302 g/mol. The zero-order valence-corrected chi connectivity index (χ0v) is 13.0. The largest absolute Gasteiger partial charge is 0.370 e. The van der Waals surface area contributed by atoms with E-state index in [1.165, 1.54) is 0 Å². The number of hydrogen-bond acceptors (Lipinski definition) is 4. The summed E-state index contributed by atoms with van der Waals surface area (Å²) in [4.78, 5) is 20.6. The van der Waals surface area contributed by atoms with E-state index in [1.807, 2.05) is 43.0 Å². The Morgan fingerprint density at radius 2 is 2.24 bits per heavy atom. The molecule has 1 unspecified atom stereocenters. The molecular formula is C16H18N2O2S. The van der Waals surface area contributed by atoms with Crippen LogP contribution in [0.2, 0.25) is 0 Å². The van der Waals surface area contributed by atoms with Gasteiger partial charge in [-0.2, -0.15) is 0 Å². The van der Waals surface area contributed by atoms with Crippen LogP contribution in [0.15, 0.2) is 30.5 Å². The van der Waals surface area contributed by atoms with E-state index < -0.39 is 0 Å². The molecule has 21 heavy (non-hydrogen) atoms. The molecule has 0 bridgehead atoms. The van der Waals surface area contributed by atoms with Gasteiger partial charge in [0.15, 0.2) is 0 Å². The van der Waals surface area contributed by atoms with Crippen LogP contribution in [-0.2, 0) is 4.74 Å². The molecule has 110 valence electrons. The first-order valence-electron chi connectivity index (χ1n) is 7.03. The Balaban J connectivity index is 1.75. The van der Waals surface area contributed by atoms with Crippen molar-refractivity contribution in [2.24, 2.45) is 0 Å². The van der Waals surface area contributed by atoms with E-state index >= 15 is 0 Å². The molecule has 1 amide bonds. The number of aryl methyl sites for hydroxylation is 2. The molecule has 3 heterocycles. The summed E-state index contributed by atoms with van der Waals surface area (Å²) in [5, 5.41) is 0. The molecule has 0 N–H and O–H groups in total. The molecule has 1 aliphatic rings. The average molecular weight is 302 g/mol. The molecular weight excluding hydrogens is 284 g/mol. The third kappa shape index (κ3) is 3.14. The second kappa shape index (κ2) is 5.95. The molecule has 1 aliphatic heterocycles. The van der Waals surface area contributed by atoms with Crippen molar-refractivity contribution in [1.82, 2.24) is 9.88 Å². The summed E-state index contributed by atoms with van der Waals surface area (Å²) in [5.74, 6) is 0.104. The molecule has 0 radical (unpaired) electrons. The van der Waals surface area contributed by atoms with Crippen LogP contribution in [0.25, 0.3) is 0 Å². The van der Waals surface area contributed by atoms with Crippen molar-refractivity contribution in [3.8, 4) is 0 Å². The Bertz CT molecular complexity index is 653. The first-order chi connectivity index (χ1) is 10.1. The van der Waals surface area contributed by atoms with Crippen LogP contribution in [0.4, 0.5) is 0 Å². The number of rotatable bonds is 2. The maximum atomic E-state index is 12.5. The molecule has 1 fully saturated rings. The highest BCUT2D eigenvalue weighted by Gasteiger charge is 2.26. The molecule has 1 saturated heterocycles. The van der Waals surface area contributed by atoms with Crippen LogP contribution >= 0.6 is 11.3 Å². The maximum absolute atomic E-state index is 12.5. The second-order valence-corrected chi connectivity index (χ2v) is 6.54. The number of pyridine rings is 1. The smallest absolute Gasteiger partial charge is 0.264 e. The van der Waals surface area contributed by atoms with Crippen LogP contribution < -0.4 is 0 Å². The first-order valence-corrected chi connectivity index (χ1v) is 7.85. The highest BCUT2D eigenvalue weighted by molar-refractivity contribution is 7.13. The van der Waals surface area contributed by atoms with E-state index in [0.29, 0.717) is 19.7 Å². The van der Waals surface area contributed by atoms with Crippen LogP contribution in [0, 0.1) is 13.8 Å². The first kappa shape index (κ1) is 14.2. The molecule has 4 nitrogen and oxygen atoms in total. The van der Waals surface area contributed by atoms with Gasteiger partial charge in [0.25, 0.3) is 5.91 Å². The van der Waals surface area contributed by atoms with Gasteiger partial charge < -0.3 is 9.64 Å². The summed E-state index contributed by atoms with van der Waals surface area (Å²) in [6.45, 7) is 5.80. The lowest BCUT2D eigenvalue weighted by Gasteiger charge is -2.33. The van der Waals surface area contributed by atoms with Crippen LogP contribution in [0.3, 0.4) is 0 Å². The molecule has 5 heteroatoms. The predicted molar refractivity (Wildman–Crippen MR) is 82.6 cm³/mol. The average Bonchev–Trinajstić information content (AvgIpc) is 2.93. The van der Waals surface area contributed by atoms with E-state index in [-0.39, 0.29) is 12.0 Å². The number of carbonyl (C=O) groups excluding carboxylic acids is 1. The Labute approximate surface area is 128 Å². The molecule has 1 atom stereocenters. The lowest BCUT2D eigenvalue weighted by atomic mass is 10.1. The second-order valence-electron chi connectivity index (χ2n) is 5.25. The van der Waals surface area contributed by atoms with E-state index in [9.17, 15) is 4.79 Å². The third-order valence-corrected chi connectivity index (χ3v) is 4.59. The van der Waals surface area contributed by atoms with Crippen molar-refractivity contribution < 1.29 is 9.53 Å². The Morgan fingerprint density at radius 3 is 2.95 bits per heavy atom. The lowest BCUT2D eigenvalue weighted by Crippen LogP contribution is -2.42. The van der Waals surface area contributed by atoms with Gasteiger partial charge in [-0.15, -0.1) is 11.3 Å². The Hall–Kier alpha value is -1.72. The van der Waals surface area contributed by atoms with E-state index in [4.69, 9.17) is 4.74 Å². The van der Waals surface area contributed by atoms with Gasteiger partial charge >= 0.3 is 0 Å². The summed E-state index contributed by atoms with van der Waals surface area (Å²) in [6, 6.07) is 7.88. The number of nitrogens with zero attached hydrogens (tertiary/aromatic N) is 2. The van der Waals surface area contributed by atoms with Crippen molar-refractivity contribution in [2.45, 2.75) is 20.0 Å². The lowest BCUT2D eigenvalue weighted by molar-refractivity contribution is -0.0227. The molecule has 3 rings (SSSR count). The van der Waals surface area contributed by atoms with Crippen molar-refractivity contribution in [3.63, 3.8) is 0 Å². The normalized spacial score (nSPS) is 18.8. The predicted octanol–water partition coefficient (Wildman–Crippen LogP) is 2.97. The minimum absolute atomic E-state index is 0.0644. The Morgan fingerprint density at radius 1 is 1.38 bits per heavy atom. The minimum atomic E-state index is -0.0644. The highest BCUT2D eigenvalue weighted by atomic mass is 32.1. The Kier molecular flexibility index (Phi) is 4.03. The zero-order chi connectivity index (χ0) is 14.8. The topological polar surface area (TPSA) is 42.4 Å². The number of thiophene rings is 1. The highest BCUT2D eigenvalue weighted by Crippen LogP contribution is 2.25. The molecule has 2 aromatic rings. The molecule has 0 aliphatic carbocycles. The molecule has 2 aromatic heterocycles. The summed E-state index contributed by atoms with van der Waals surface area (Å²) in [6.07, 6.45) is 1.72. The SMILES string of the molecule is Cc1cc(C2CN(C(=O)c3ccc(C)s3)CCO2)ccn1. The van der Waals surface area contributed by atoms with Gasteiger partial charge in [0.05, 0.1) is 18.0 Å². The standard InChI is InChI=1S/C16H18N2O2S/c1-11-9-13(5-6-17-11)14-10-18(7-8-20-14)16(19)15-4-3-12(2)21-15/h3-6,9,14H,7-8,10H2,1-2H3. The van der Waals surface area contributed by atoms with Gasteiger partial charge in [-0.05, 0) is 43.7 Å². The van der Waals surface area contributed by atoms with Crippen molar-refractivity contribution in [1.29, 1.82) is 0 Å². The number of aromatic nitrogens is 1. The number of ether oxygens (including phenoxy) is 1. The number of amides is 1. The maximum Gasteiger partial charge on any atom is 0.264 e. The van der Waals surface area contributed by atoms with E-state index in [2.05, 4.69) is 4.98 Å². The summed E-state index contributed by atoms with van der Waals surface area (Å²) in [7, 11) is 0. The summed E-state index contributed by atoms with van der Waals surface area (Å²) >= 11 is 1.55. The molecule has 0 aromatic carbocycles. The van der Waals surface area contributed by atoms with Crippen molar-refractivity contribution in [2.75, 3.05) is 19.7 Å². The van der Waals surface area contributed by atoms with Gasteiger partial charge in [0.1, 0.15) is 6.10 Å². The third-order valence-electron chi connectivity index (χ3n) is 3.60. The molecule has 0 saturated carbocycles. The fourth-order valence-corrected chi connectivity index (χ4v) is 3.34. The van der Waals surface area contributed by atoms with Crippen LogP contribution in [-0.4, -0.2) is 35.5 Å². The van der Waals surface area contributed by atoms with Crippen LogP contribution in [0.5, 0.6) is 0 Å². The number of carbonyl (C=O) groups is 1. The van der Waals surface area contributed by atoms with Crippen molar-refractivity contribution >= 4 is 17.2 Å². The summed E-state index contributed by atoms with van der Waals surface area (Å²) < 4.78 is 5.82. The van der Waals surface area contributed by atoms with Gasteiger partial charge in [0, 0.05) is 23.3 Å². The van der Waals surface area contributed by atoms with E-state index in [1.54, 1.807) is 17.5 Å². The van der Waals surface area contributed by atoms with Gasteiger partial charge in [-0.3, -0.25) is 9.78 Å². The molecule has 0 spiro atoms. The fourth-order valence-electron chi connectivity index (χ4n) is 2.51. The fraction of sp³-hybridized carbons (Fsp3) is 0.375. The van der Waals surface area contributed by atoms with Crippen molar-refractivity contribution in [3.05, 3.63) is 51.5 Å². The van der Waals surface area contributed by atoms with Gasteiger partial charge in [-0.25, -0.2) is 0 Å². The summed E-state index contributed by atoms with van der Waals surface area (Å²) in [5.41, 5.74) is 2.05. The number of hydrogen-bond donors (Lipinski definition) is 0.